The number of esters is 1. The zero-order valence-corrected chi connectivity index (χ0v) is 14.0. The summed E-state index contributed by atoms with van der Waals surface area (Å²) in [5.74, 6) is -0.647. The molecule has 2 fully saturated rings. The van der Waals surface area contributed by atoms with Crippen LogP contribution in [0.2, 0.25) is 0 Å². The zero-order chi connectivity index (χ0) is 16.3. The Balaban J connectivity index is 2.15. The smallest absolute Gasteiger partial charge is 0.329 e. The van der Waals surface area contributed by atoms with Crippen LogP contribution in [0.3, 0.4) is 0 Å². The Morgan fingerprint density at radius 3 is 2.27 bits per heavy atom. The minimum absolute atomic E-state index is 0.0238. The number of methoxy groups -OCH3 is 1. The molecule has 0 aromatic rings. The van der Waals surface area contributed by atoms with Gasteiger partial charge >= 0.3 is 5.97 Å². The monoisotopic (exact) mass is 332 g/mol. The molecule has 0 unspecified atom stereocenters. The molecule has 0 radical (unpaired) electrons. The number of rotatable bonds is 3. The number of amides is 1. The second-order valence-corrected chi connectivity index (χ2v) is 8.01. The SMILES string of the molecule is COC(=O)[C@H]1CN(S(C)(=O)=O)CCN1C(=O)C1CCCCC1. The van der Waals surface area contributed by atoms with E-state index < -0.39 is 22.0 Å². The molecule has 0 aromatic carbocycles. The van der Waals surface area contributed by atoms with Crippen molar-refractivity contribution in [2.24, 2.45) is 5.92 Å². The molecule has 1 saturated carbocycles. The van der Waals surface area contributed by atoms with Gasteiger partial charge in [-0.05, 0) is 12.8 Å². The molecule has 8 heteroatoms. The van der Waals surface area contributed by atoms with E-state index in [1.807, 2.05) is 0 Å². The highest BCUT2D eigenvalue weighted by molar-refractivity contribution is 7.88. The maximum absolute atomic E-state index is 12.7. The summed E-state index contributed by atoms with van der Waals surface area (Å²) in [6.45, 7) is 0.441. The average Bonchev–Trinajstić information content (AvgIpc) is 2.52. The molecule has 22 heavy (non-hydrogen) atoms. The van der Waals surface area contributed by atoms with E-state index in [1.54, 1.807) is 0 Å². The maximum Gasteiger partial charge on any atom is 0.329 e. The molecule has 126 valence electrons. The summed E-state index contributed by atoms with van der Waals surface area (Å²) in [4.78, 5) is 26.2. The Morgan fingerprint density at radius 1 is 1.09 bits per heavy atom. The number of nitrogens with zero attached hydrogens (tertiary/aromatic N) is 2. The van der Waals surface area contributed by atoms with Crippen molar-refractivity contribution in [3.8, 4) is 0 Å². The van der Waals surface area contributed by atoms with Gasteiger partial charge in [-0.1, -0.05) is 19.3 Å². The topological polar surface area (TPSA) is 84.0 Å². The summed E-state index contributed by atoms with van der Waals surface area (Å²) in [6.07, 6.45) is 6.01. The van der Waals surface area contributed by atoms with Gasteiger partial charge in [0.05, 0.1) is 13.4 Å². The van der Waals surface area contributed by atoms with Crippen LogP contribution in [0.1, 0.15) is 32.1 Å². The van der Waals surface area contributed by atoms with Gasteiger partial charge in [-0.25, -0.2) is 13.2 Å². The van der Waals surface area contributed by atoms with Crippen LogP contribution in [-0.4, -0.2) is 68.5 Å². The van der Waals surface area contributed by atoms with Crippen LogP contribution in [0.5, 0.6) is 0 Å². The zero-order valence-electron chi connectivity index (χ0n) is 13.2. The number of ether oxygens (including phenoxy) is 1. The highest BCUT2D eigenvalue weighted by Gasteiger charge is 2.40. The van der Waals surface area contributed by atoms with Gasteiger partial charge in [0.1, 0.15) is 6.04 Å². The Morgan fingerprint density at radius 2 is 1.73 bits per heavy atom. The van der Waals surface area contributed by atoms with Crippen molar-refractivity contribution >= 4 is 21.9 Å². The molecule has 1 aliphatic carbocycles. The van der Waals surface area contributed by atoms with Gasteiger partial charge in [-0.2, -0.15) is 4.31 Å². The van der Waals surface area contributed by atoms with E-state index in [0.29, 0.717) is 0 Å². The lowest BCUT2D eigenvalue weighted by atomic mass is 9.87. The van der Waals surface area contributed by atoms with Gasteiger partial charge in [0.15, 0.2) is 0 Å². The van der Waals surface area contributed by atoms with Crippen molar-refractivity contribution in [2.45, 2.75) is 38.1 Å². The normalized spacial score (nSPS) is 25.0. The number of carbonyl (C=O) groups excluding carboxylic acids is 2. The molecule has 0 aromatic heterocycles. The maximum atomic E-state index is 12.7. The summed E-state index contributed by atoms with van der Waals surface area (Å²) in [5, 5.41) is 0. The molecule has 1 saturated heterocycles. The molecular weight excluding hydrogens is 308 g/mol. The van der Waals surface area contributed by atoms with Crippen molar-refractivity contribution in [3.05, 3.63) is 0 Å². The first-order valence-corrected chi connectivity index (χ1v) is 9.53. The molecule has 0 N–H and O–H groups in total. The van der Waals surface area contributed by atoms with E-state index in [4.69, 9.17) is 4.74 Å². The molecule has 1 aliphatic heterocycles. The molecule has 1 atom stereocenters. The predicted molar refractivity (Wildman–Crippen MR) is 80.5 cm³/mol. The third-order valence-corrected chi connectivity index (χ3v) is 5.79. The highest BCUT2D eigenvalue weighted by atomic mass is 32.2. The van der Waals surface area contributed by atoms with E-state index in [2.05, 4.69) is 0 Å². The summed E-state index contributed by atoms with van der Waals surface area (Å²) in [7, 11) is -2.13. The van der Waals surface area contributed by atoms with E-state index in [1.165, 1.54) is 16.3 Å². The first kappa shape index (κ1) is 17.2. The average molecular weight is 332 g/mol. The van der Waals surface area contributed by atoms with Crippen molar-refractivity contribution in [3.63, 3.8) is 0 Å². The molecule has 0 bridgehead atoms. The van der Waals surface area contributed by atoms with Crippen LogP contribution < -0.4 is 0 Å². The Bertz CT molecular complexity index is 527. The number of carbonyl (C=O) groups is 2. The Labute approximate surface area is 131 Å². The van der Waals surface area contributed by atoms with Gasteiger partial charge in [0, 0.05) is 25.6 Å². The van der Waals surface area contributed by atoms with Gasteiger partial charge in [-0.3, -0.25) is 4.79 Å². The minimum Gasteiger partial charge on any atom is -0.467 e. The number of piperazine rings is 1. The quantitative estimate of drug-likeness (QED) is 0.690. The van der Waals surface area contributed by atoms with Gasteiger partial charge in [0.2, 0.25) is 15.9 Å². The fraction of sp³-hybridized carbons (Fsp3) is 0.857. The minimum atomic E-state index is -3.39. The third-order valence-electron chi connectivity index (χ3n) is 4.52. The van der Waals surface area contributed by atoms with Gasteiger partial charge < -0.3 is 9.64 Å². The largest absolute Gasteiger partial charge is 0.467 e. The van der Waals surface area contributed by atoms with Gasteiger partial charge in [-0.15, -0.1) is 0 Å². The first-order chi connectivity index (χ1) is 10.3. The summed E-state index contributed by atoms with van der Waals surface area (Å²) in [6, 6.07) is -0.845. The van der Waals surface area contributed by atoms with Crippen LogP contribution in [-0.2, 0) is 24.3 Å². The molecule has 2 aliphatic rings. The van der Waals surface area contributed by atoms with Crippen LogP contribution >= 0.6 is 0 Å². The molecular formula is C14H24N2O5S. The van der Waals surface area contributed by atoms with Crippen molar-refractivity contribution in [1.82, 2.24) is 9.21 Å². The fourth-order valence-electron chi connectivity index (χ4n) is 3.24. The summed E-state index contributed by atoms with van der Waals surface area (Å²) in [5.41, 5.74) is 0. The molecule has 7 nitrogen and oxygen atoms in total. The van der Waals surface area contributed by atoms with E-state index in [9.17, 15) is 18.0 Å². The molecule has 1 heterocycles. The Kier molecular flexibility index (Phi) is 5.44. The fourth-order valence-corrected chi connectivity index (χ4v) is 4.07. The van der Waals surface area contributed by atoms with E-state index in [-0.39, 0.29) is 31.5 Å². The number of hydrogen-bond acceptors (Lipinski definition) is 5. The highest BCUT2D eigenvalue weighted by Crippen LogP contribution is 2.27. The second-order valence-electron chi connectivity index (χ2n) is 6.03. The Hall–Kier alpha value is -1.15. The summed E-state index contributed by atoms with van der Waals surface area (Å²) >= 11 is 0. The summed E-state index contributed by atoms with van der Waals surface area (Å²) < 4.78 is 29.4. The van der Waals surface area contributed by atoms with E-state index in [0.717, 1.165) is 38.4 Å². The van der Waals surface area contributed by atoms with Crippen LogP contribution in [0.25, 0.3) is 0 Å². The molecule has 0 spiro atoms. The lowest BCUT2D eigenvalue weighted by Crippen LogP contribution is -2.60. The van der Waals surface area contributed by atoms with Crippen molar-refractivity contribution in [2.75, 3.05) is 33.0 Å². The molecule has 2 rings (SSSR count). The van der Waals surface area contributed by atoms with E-state index >= 15 is 0 Å². The van der Waals surface area contributed by atoms with Crippen molar-refractivity contribution < 1.29 is 22.7 Å². The van der Waals surface area contributed by atoms with Crippen molar-refractivity contribution in [1.29, 1.82) is 0 Å². The molecule has 1 amide bonds. The number of sulfonamides is 1. The van der Waals surface area contributed by atoms with Gasteiger partial charge in [0.25, 0.3) is 0 Å². The van der Waals surface area contributed by atoms with Crippen LogP contribution in [0.4, 0.5) is 0 Å². The lowest BCUT2D eigenvalue weighted by Gasteiger charge is -2.40. The van der Waals surface area contributed by atoms with Crippen LogP contribution in [0, 0.1) is 5.92 Å². The second kappa shape index (κ2) is 6.95. The predicted octanol–water partition coefficient (Wildman–Crippen LogP) is 0.212. The first-order valence-electron chi connectivity index (χ1n) is 7.68. The standard InChI is InChI=1S/C14H24N2O5S/c1-21-14(18)12-10-15(22(2,19)20)8-9-16(12)13(17)11-6-4-3-5-7-11/h11-12H,3-10H2,1-2H3/t12-/m1/s1. The van der Waals surface area contributed by atoms with Crippen LogP contribution in [0.15, 0.2) is 0 Å². The lowest BCUT2D eigenvalue weighted by molar-refractivity contribution is -0.157. The third kappa shape index (κ3) is 3.78. The number of hydrogen-bond donors (Lipinski definition) is 0.